The number of methoxy groups -OCH3 is 1. The van der Waals surface area contributed by atoms with Crippen LogP contribution < -0.4 is 31.0 Å². The molecule has 0 saturated carbocycles. The third-order valence-electron chi connectivity index (χ3n) is 3.20. The first-order valence-corrected chi connectivity index (χ1v) is 8.25. The molecule has 0 aliphatic heterocycles. The predicted octanol–water partition coefficient (Wildman–Crippen LogP) is 3.02. The molecular weight excluding hydrogens is 397 g/mol. The lowest BCUT2D eigenvalue weighted by atomic mass is 10.3. The number of hydrazine groups is 1. The number of carbonyl (C=O) groups is 1. The Labute approximate surface area is 164 Å². The number of carbonyl (C=O) groups excluding carboxylic acids is 1. The van der Waals surface area contributed by atoms with Crippen molar-refractivity contribution in [2.75, 3.05) is 24.3 Å². The highest BCUT2D eigenvalue weighted by Gasteiger charge is 2.30. The molecule has 11 heteroatoms. The molecule has 0 unspecified atom stereocenters. The summed E-state index contributed by atoms with van der Waals surface area (Å²) in [6.07, 6.45) is -4.75. The van der Waals surface area contributed by atoms with Gasteiger partial charge in [0.05, 0.1) is 13.7 Å². The molecule has 28 heavy (non-hydrogen) atoms. The number of hydrogen-bond acceptors (Lipinski definition) is 5. The normalized spacial score (nSPS) is 10.6. The van der Waals surface area contributed by atoms with Crippen LogP contribution in [0.25, 0.3) is 0 Å². The lowest BCUT2D eigenvalue weighted by Crippen LogP contribution is -2.45. The maximum Gasteiger partial charge on any atom is 0.573 e. The van der Waals surface area contributed by atoms with Crippen LogP contribution >= 0.6 is 12.2 Å². The van der Waals surface area contributed by atoms with Crippen molar-refractivity contribution in [1.82, 2.24) is 10.9 Å². The molecule has 150 valence electrons. The van der Waals surface area contributed by atoms with Crippen LogP contribution in [0.2, 0.25) is 0 Å². The van der Waals surface area contributed by atoms with Gasteiger partial charge in [0.15, 0.2) is 5.11 Å². The van der Waals surface area contributed by atoms with Crippen LogP contribution in [-0.2, 0) is 4.79 Å². The van der Waals surface area contributed by atoms with Gasteiger partial charge in [-0.2, -0.15) is 0 Å². The van der Waals surface area contributed by atoms with Gasteiger partial charge in [0.2, 0.25) is 0 Å². The summed E-state index contributed by atoms with van der Waals surface area (Å²) in [5, 5.41) is 5.68. The molecule has 0 spiro atoms. The summed E-state index contributed by atoms with van der Waals surface area (Å²) in [6, 6.07) is 12.0. The zero-order chi connectivity index (χ0) is 20.6. The highest BCUT2D eigenvalue weighted by molar-refractivity contribution is 7.80. The number of hydrogen-bond donors (Lipinski definition) is 4. The van der Waals surface area contributed by atoms with Crippen molar-refractivity contribution >= 4 is 34.6 Å². The summed E-state index contributed by atoms with van der Waals surface area (Å²) in [5.74, 6) is -0.0326. The monoisotopic (exact) mass is 414 g/mol. The lowest BCUT2D eigenvalue weighted by Gasteiger charge is -2.13. The van der Waals surface area contributed by atoms with E-state index in [0.717, 1.165) is 17.8 Å². The fourth-order valence-electron chi connectivity index (χ4n) is 1.96. The fraction of sp³-hybridized carbons (Fsp3) is 0.176. The van der Waals surface area contributed by atoms with Gasteiger partial charge in [0.25, 0.3) is 5.91 Å². The third kappa shape index (κ3) is 7.58. The topological polar surface area (TPSA) is 83.7 Å². The minimum Gasteiger partial charge on any atom is -0.497 e. The molecule has 0 aromatic heterocycles. The zero-order valence-corrected chi connectivity index (χ0v) is 15.4. The number of rotatable bonds is 6. The summed E-state index contributed by atoms with van der Waals surface area (Å²) >= 11 is 5.00. The summed E-state index contributed by atoms with van der Waals surface area (Å²) in [7, 11) is 1.56. The van der Waals surface area contributed by atoms with Gasteiger partial charge in [-0.15, -0.1) is 13.2 Å². The van der Waals surface area contributed by atoms with E-state index in [9.17, 15) is 18.0 Å². The van der Waals surface area contributed by atoms with Crippen LogP contribution in [0, 0.1) is 0 Å². The van der Waals surface area contributed by atoms with Crippen molar-refractivity contribution in [3.63, 3.8) is 0 Å². The second-order valence-electron chi connectivity index (χ2n) is 5.28. The van der Waals surface area contributed by atoms with E-state index < -0.39 is 6.36 Å². The van der Waals surface area contributed by atoms with Gasteiger partial charge in [-0.25, -0.2) is 0 Å². The van der Waals surface area contributed by atoms with Crippen LogP contribution in [-0.4, -0.2) is 31.0 Å². The molecule has 4 N–H and O–H groups in total. The zero-order valence-electron chi connectivity index (χ0n) is 14.6. The van der Waals surface area contributed by atoms with Gasteiger partial charge in [0.1, 0.15) is 11.5 Å². The highest BCUT2D eigenvalue weighted by atomic mass is 32.1. The second-order valence-corrected chi connectivity index (χ2v) is 5.69. The van der Waals surface area contributed by atoms with Crippen molar-refractivity contribution in [3.05, 3.63) is 48.5 Å². The van der Waals surface area contributed by atoms with Gasteiger partial charge in [0, 0.05) is 11.4 Å². The molecule has 1 amide bonds. The van der Waals surface area contributed by atoms with Gasteiger partial charge in [-0.05, 0) is 60.7 Å². The molecule has 0 aliphatic carbocycles. The Hall–Kier alpha value is -3.21. The van der Waals surface area contributed by atoms with Crippen LogP contribution in [0.4, 0.5) is 24.5 Å². The molecule has 0 heterocycles. The number of benzene rings is 2. The SMILES string of the molecule is COc1ccc(NCC(=O)NNC(=S)Nc2ccc(OC(F)(F)F)cc2)cc1. The molecule has 2 aromatic rings. The Bertz CT molecular complexity index is 799. The molecular formula is C17H17F3N4O3S. The van der Waals surface area contributed by atoms with Gasteiger partial charge >= 0.3 is 6.36 Å². The van der Waals surface area contributed by atoms with Crippen molar-refractivity contribution in [2.24, 2.45) is 0 Å². The van der Waals surface area contributed by atoms with E-state index in [1.54, 1.807) is 31.4 Å². The average molecular weight is 414 g/mol. The standard InChI is InChI=1S/C17H17F3N4O3S/c1-26-13-6-2-11(3-7-13)21-10-15(25)23-24-16(28)22-12-4-8-14(9-5-12)27-17(18,19)20/h2-9,21H,10H2,1H3,(H,23,25)(H2,22,24,28). The highest BCUT2D eigenvalue weighted by Crippen LogP contribution is 2.23. The molecule has 0 atom stereocenters. The Balaban J connectivity index is 1.71. The average Bonchev–Trinajstić information content (AvgIpc) is 2.65. The minimum atomic E-state index is -4.75. The Morgan fingerprint density at radius 2 is 1.54 bits per heavy atom. The van der Waals surface area contributed by atoms with E-state index in [0.29, 0.717) is 11.4 Å². The first kappa shape index (κ1) is 21.1. The summed E-state index contributed by atoms with van der Waals surface area (Å²) in [4.78, 5) is 11.8. The number of halogens is 3. The van der Waals surface area contributed by atoms with Crippen LogP contribution in [0.3, 0.4) is 0 Å². The predicted molar refractivity (Wildman–Crippen MR) is 102 cm³/mol. The molecule has 2 rings (SSSR count). The first-order chi connectivity index (χ1) is 13.2. The van der Waals surface area contributed by atoms with Gasteiger partial charge in [-0.3, -0.25) is 15.6 Å². The van der Waals surface area contributed by atoms with Crippen LogP contribution in [0.1, 0.15) is 0 Å². The Kier molecular flexibility index (Phi) is 7.27. The second kappa shape index (κ2) is 9.65. The molecule has 0 aliphatic rings. The van der Waals surface area contributed by atoms with Crippen molar-refractivity contribution in [3.8, 4) is 11.5 Å². The summed E-state index contributed by atoms with van der Waals surface area (Å²) in [6.45, 7) is -0.00851. The maximum atomic E-state index is 12.1. The van der Waals surface area contributed by atoms with E-state index in [1.165, 1.54) is 12.1 Å². The Morgan fingerprint density at radius 3 is 2.11 bits per heavy atom. The molecule has 0 saturated heterocycles. The van der Waals surface area contributed by atoms with Crippen LogP contribution in [0.5, 0.6) is 11.5 Å². The summed E-state index contributed by atoms with van der Waals surface area (Å²) in [5.41, 5.74) is 6.02. The molecule has 2 aromatic carbocycles. The minimum absolute atomic E-state index is 0.00851. The smallest absolute Gasteiger partial charge is 0.497 e. The van der Waals surface area contributed by atoms with Crippen molar-refractivity contribution < 1.29 is 27.4 Å². The molecule has 0 radical (unpaired) electrons. The first-order valence-electron chi connectivity index (χ1n) is 7.85. The third-order valence-corrected chi connectivity index (χ3v) is 3.41. The van der Waals surface area contributed by atoms with E-state index in [-0.39, 0.29) is 23.3 Å². The number of anilines is 2. The molecule has 0 bridgehead atoms. The lowest BCUT2D eigenvalue weighted by molar-refractivity contribution is -0.274. The number of amides is 1. The van der Waals surface area contributed by atoms with Crippen molar-refractivity contribution in [1.29, 1.82) is 0 Å². The van der Waals surface area contributed by atoms with E-state index in [1.807, 2.05) is 0 Å². The maximum absolute atomic E-state index is 12.1. The van der Waals surface area contributed by atoms with Gasteiger partial charge < -0.3 is 20.1 Å². The van der Waals surface area contributed by atoms with Crippen LogP contribution in [0.15, 0.2) is 48.5 Å². The largest absolute Gasteiger partial charge is 0.573 e. The summed E-state index contributed by atoms with van der Waals surface area (Å²) < 4.78 is 45.2. The quantitative estimate of drug-likeness (QED) is 0.427. The van der Waals surface area contributed by atoms with E-state index >= 15 is 0 Å². The van der Waals surface area contributed by atoms with Gasteiger partial charge in [-0.1, -0.05) is 0 Å². The molecule has 7 nitrogen and oxygen atoms in total. The van der Waals surface area contributed by atoms with Crippen molar-refractivity contribution in [2.45, 2.75) is 6.36 Å². The number of alkyl halides is 3. The number of thiocarbonyl (C=S) groups is 1. The Morgan fingerprint density at radius 1 is 0.964 bits per heavy atom. The molecule has 0 fully saturated rings. The van der Waals surface area contributed by atoms with E-state index in [4.69, 9.17) is 17.0 Å². The number of ether oxygens (including phenoxy) is 2. The number of nitrogens with one attached hydrogen (secondary N) is 4. The fourth-order valence-corrected chi connectivity index (χ4v) is 2.13. The van der Waals surface area contributed by atoms with E-state index in [2.05, 4.69) is 26.2 Å².